The van der Waals surface area contributed by atoms with Crippen molar-refractivity contribution in [1.29, 1.82) is 0 Å². The average Bonchev–Trinajstić information content (AvgIpc) is 2.29. The number of Topliss-reactive ketones (excluding diaryl/α,β-unsaturated/α-hetero) is 1. The van der Waals surface area contributed by atoms with E-state index in [1.165, 1.54) is 0 Å². The Labute approximate surface area is 117 Å². The lowest BCUT2D eigenvalue weighted by atomic mass is 9.88. The first-order chi connectivity index (χ1) is 8.40. The molecule has 4 heteroatoms. The van der Waals surface area contributed by atoms with Crippen LogP contribution in [0.5, 0.6) is 5.75 Å². The van der Waals surface area contributed by atoms with Crippen molar-refractivity contribution in [2.75, 3.05) is 7.11 Å². The summed E-state index contributed by atoms with van der Waals surface area (Å²) in [5.74, 6) is 0.830. The van der Waals surface area contributed by atoms with Crippen LogP contribution in [0.15, 0.2) is 22.7 Å². The molecule has 0 heterocycles. The number of halogens is 1. The van der Waals surface area contributed by atoms with Crippen molar-refractivity contribution in [3.8, 4) is 5.75 Å². The molecule has 2 N–H and O–H groups in total. The molecule has 18 heavy (non-hydrogen) atoms. The standard InChI is InChI=1S/C14H20BrNO2/c1-4-7-14(2,16)13(17)9-10-5-6-12(18-3)11(15)8-10/h5-6,8H,4,7,9,16H2,1-3H3. The molecule has 0 bridgehead atoms. The fourth-order valence-corrected chi connectivity index (χ4v) is 2.45. The Balaban J connectivity index is 2.79. The predicted octanol–water partition coefficient (Wildman–Crippen LogP) is 3.09. The maximum absolute atomic E-state index is 12.1. The Kier molecular flexibility index (Phi) is 5.35. The Morgan fingerprint density at radius 2 is 2.17 bits per heavy atom. The molecule has 100 valence electrons. The van der Waals surface area contributed by atoms with Gasteiger partial charge < -0.3 is 10.5 Å². The molecule has 0 saturated heterocycles. The third-order valence-corrected chi connectivity index (χ3v) is 3.61. The Morgan fingerprint density at radius 3 is 2.67 bits per heavy atom. The molecule has 0 aromatic heterocycles. The van der Waals surface area contributed by atoms with Crippen LogP contribution in [0.2, 0.25) is 0 Å². The molecule has 0 aliphatic rings. The van der Waals surface area contributed by atoms with Gasteiger partial charge in [-0.1, -0.05) is 19.4 Å². The van der Waals surface area contributed by atoms with E-state index < -0.39 is 5.54 Å². The van der Waals surface area contributed by atoms with Gasteiger partial charge >= 0.3 is 0 Å². The van der Waals surface area contributed by atoms with Crippen LogP contribution >= 0.6 is 15.9 Å². The van der Waals surface area contributed by atoms with Crippen LogP contribution in [0.1, 0.15) is 32.3 Å². The molecule has 0 fully saturated rings. The van der Waals surface area contributed by atoms with Crippen LogP contribution in [0.3, 0.4) is 0 Å². The number of carbonyl (C=O) groups is 1. The van der Waals surface area contributed by atoms with Crippen LogP contribution < -0.4 is 10.5 Å². The van der Waals surface area contributed by atoms with E-state index in [1.54, 1.807) is 14.0 Å². The zero-order valence-corrected chi connectivity index (χ0v) is 12.7. The summed E-state index contributed by atoms with van der Waals surface area (Å²) < 4.78 is 6.01. The van der Waals surface area contributed by atoms with Crippen molar-refractivity contribution in [2.24, 2.45) is 5.73 Å². The largest absolute Gasteiger partial charge is 0.496 e. The predicted molar refractivity (Wildman–Crippen MR) is 76.9 cm³/mol. The highest BCUT2D eigenvalue weighted by atomic mass is 79.9. The number of hydrogen-bond donors (Lipinski definition) is 1. The first-order valence-electron chi connectivity index (χ1n) is 6.05. The summed E-state index contributed by atoms with van der Waals surface area (Å²) in [6.07, 6.45) is 1.98. The van der Waals surface area contributed by atoms with Crippen LogP contribution in [-0.2, 0) is 11.2 Å². The van der Waals surface area contributed by atoms with Gasteiger partial charge in [-0.3, -0.25) is 4.79 Å². The Hall–Kier alpha value is -0.870. The van der Waals surface area contributed by atoms with Gasteiger partial charge in [-0.25, -0.2) is 0 Å². The van der Waals surface area contributed by atoms with Gasteiger partial charge in [-0.05, 0) is 47.0 Å². The van der Waals surface area contributed by atoms with E-state index in [1.807, 2.05) is 25.1 Å². The normalized spacial score (nSPS) is 14.1. The van der Waals surface area contributed by atoms with E-state index >= 15 is 0 Å². The molecule has 3 nitrogen and oxygen atoms in total. The lowest BCUT2D eigenvalue weighted by Crippen LogP contribution is -2.45. The van der Waals surface area contributed by atoms with Gasteiger partial charge in [-0.15, -0.1) is 0 Å². The van der Waals surface area contributed by atoms with Crippen molar-refractivity contribution in [3.63, 3.8) is 0 Å². The minimum absolute atomic E-state index is 0.0708. The zero-order chi connectivity index (χ0) is 13.8. The first-order valence-corrected chi connectivity index (χ1v) is 6.84. The Morgan fingerprint density at radius 1 is 1.50 bits per heavy atom. The van der Waals surface area contributed by atoms with Crippen LogP contribution in [0, 0.1) is 0 Å². The Bertz CT molecular complexity index is 430. The second-order valence-corrected chi connectivity index (χ2v) is 5.59. The van der Waals surface area contributed by atoms with E-state index in [0.717, 1.165) is 22.2 Å². The molecule has 0 amide bonds. The minimum atomic E-state index is -0.735. The number of methoxy groups -OCH3 is 1. The lowest BCUT2D eigenvalue weighted by molar-refractivity contribution is -0.123. The van der Waals surface area contributed by atoms with Gasteiger partial charge in [-0.2, -0.15) is 0 Å². The molecular weight excluding hydrogens is 294 g/mol. The van der Waals surface area contributed by atoms with Gasteiger partial charge in [0.2, 0.25) is 0 Å². The molecule has 0 radical (unpaired) electrons. The summed E-state index contributed by atoms with van der Waals surface area (Å²) in [7, 11) is 1.61. The number of ether oxygens (including phenoxy) is 1. The maximum Gasteiger partial charge on any atom is 0.156 e. The smallest absolute Gasteiger partial charge is 0.156 e. The summed E-state index contributed by atoms with van der Waals surface area (Å²) in [5, 5.41) is 0. The zero-order valence-electron chi connectivity index (χ0n) is 11.1. The fourth-order valence-electron chi connectivity index (χ4n) is 1.87. The molecule has 1 atom stereocenters. The highest BCUT2D eigenvalue weighted by Crippen LogP contribution is 2.26. The van der Waals surface area contributed by atoms with Crippen LogP contribution in [0.25, 0.3) is 0 Å². The minimum Gasteiger partial charge on any atom is -0.496 e. The third kappa shape index (κ3) is 3.82. The summed E-state index contributed by atoms with van der Waals surface area (Å²) >= 11 is 3.41. The SMILES string of the molecule is CCCC(C)(N)C(=O)Cc1ccc(OC)c(Br)c1. The van der Waals surface area contributed by atoms with Gasteiger partial charge in [0.25, 0.3) is 0 Å². The number of hydrogen-bond acceptors (Lipinski definition) is 3. The maximum atomic E-state index is 12.1. The molecule has 0 saturated carbocycles. The number of carbonyl (C=O) groups excluding carboxylic acids is 1. The van der Waals surface area contributed by atoms with E-state index in [2.05, 4.69) is 15.9 Å². The fraction of sp³-hybridized carbons (Fsp3) is 0.500. The van der Waals surface area contributed by atoms with Gasteiger partial charge in [0, 0.05) is 6.42 Å². The van der Waals surface area contributed by atoms with Crippen LogP contribution in [-0.4, -0.2) is 18.4 Å². The number of benzene rings is 1. The molecule has 1 aromatic rings. The highest BCUT2D eigenvalue weighted by Gasteiger charge is 2.26. The van der Waals surface area contributed by atoms with Gasteiger partial charge in [0.05, 0.1) is 17.1 Å². The van der Waals surface area contributed by atoms with Gasteiger partial charge in [0.1, 0.15) is 5.75 Å². The van der Waals surface area contributed by atoms with E-state index in [9.17, 15) is 4.79 Å². The topological polar surface area (TPSA) is 52.3 Å². The van der Waals surface area contributed by atoms with E-state index in [0.29, 0.717) is 12.8 Å². The molecule has 0 spiro atoms. The highest BCUT2D eigenvalue weighted by molar-refractivity contribution is 9.10. The van der Waals surface area contributed by atoms with Crippen molar-refractivity contribution >= 4 is 21.7 Å². The molecule has 1 rings (SSSR count). The molecule has 1 aromatic carbocycles. The molecule has 0 aliphatic heterocycles. The van der Waals surface area contributed by atoms with Crippen molar-refractivity contribution < 1.29 is 9.53 Å². The third-order valence-electron chi connectivity index (χ3n) is 2.99. The quantitative estimate of drug-likeness (QED) is 0.878. The van der Waals surface area contributed by atoms with Crippen molar-refractivity contribution in [3.05, 3.63) is 28.2 Å². The number of rotatable bonds is 6. The summed E-state index contributed by atoms with van der Waals surface area (Å²) in [6.45, 7) is 3.83. The summed E-state index contributed by atoms with van der Waals surface area (Å²) in [4.78, 5) is 12.1. The second-order valence-electron chi connectivity index (χ2n) is 4.74. The number of nitrogens with two attached hydrogens (primary N) is 1. The molecule has 1 unspecified atom stereocenters. The van der Waals surface area contributed by atoms with E-state index in [4.69, 9.17) is 10.5 Å². The van der Waals surface area contributed by atoms with Crippen molar-refractivity contribution in [1.82, 2.24) is 0 Å². The van der Waals surface area contributed by atoms with Crippen molar-refractivity contribution in [2.45, 2.75) is 38.6 Å². The lowest BCUT2D eigenvalue weighted by Gasteiger charge is -2.22. The van der Waals surface area contributed by atoms with E-state index in [-0.39, 0.29) is 5.78 Å². The second kappa shape index (κ2) is 6.34. The molecular formula is C14H20BrNO2. The summed E-state index contributed by atoms with van der Waals surface area (Å²) in [5.41, 5.74) is 6.24. The monoisotopic (exact) mass is 313 g/mol. The average molecular weight is 314 g/mol. The van der Waals surface area contributed by atoms with Gasteiger partial charge in [0.15, 0.2) is 5.78 Å². The molecule has 0 aliphatic carbocycles. The summed E-state index contributed by atoms with van der Waals surface area (Å²) in [6, 6.07) is 5.64. The first kappa shape index (κ1) is 15.2. The van der Waals surface area contributed by atoms with Crippen LogP contribution in [0.4, 0.5) is 0 Å². The number of ketones is 1.